The predicted molar refractivity (Wildman–Crippen MR) is 131 cm³/mol. The lowest BCUT2D eigenvalue weighted by Crippen LogP contribution is -2.64. The van der Waals surface area contributed by atoms with Crippen molar-refractivity contribution in [2.75, 3.05) is 0 Å². The zero-order valence-corrected chi connectivity index (χ0v) is 26.5. The van der Waals surface area contributed by atoms with Gasteiger partial charge in [-0.2, -0.15) is 0 Å². The second-order valence-corrected chi connectivity index (χ2v) is 35.3. The van der Waals surface area contributed by atoms with E-state index in [1.165, 1.54) is 0 Å². The van der Waals surface area contributed by atoms with Crippen molar-refractivity contribution in [3.05, 3.63) is 0 Å². The van der Waals surface area contributed by atoms with Crippen LogP contribution in [-0.4, -0.2) is 50.9 Å². The molecule has 11 heteroatoms. The molecule has 0 spiro atoms. The molecule has 0 aromatic heterocycles. The highest BCUT2D eigenvalue weighted by Gasteiger charge is 2.53. The molecule has 27 heavy (non-hydrogen) atoms. The molecule has 0 amide bonds. The van der Waals surface area contributed by atoms with Gasteiger partial charge in [-0.3, -0.25) is 0 Å². The highest BCUT2D eigenvalue weighted by Crippen LogP contribution is 2.32. The first-order valence-electron chi connectivity index (χ1n) is 10.1. The standard InChI is InChI=1S/C16H46O5Si6/c1-15-16-27(19-24(8,9)10,20-25(11,12)17-22(2,3)4)21-26(13,14)18-23(5,6)7/h15-16H2,1-14H3. The Labute approximate surface area is 175 Å². The summed E-state index contributed by atoms with van der Waals surface area (Å²) in [5.41, 5.74) is 0. The first-order valence-corrected chi connectivity index (χ1v) is 27.9. The van der Waals surface area contributed by atoms with Crippen molar-refractivity contribution >= 4 is 50.9 Å². The van der Waals surface area contributed by atoms with Gasteiger partial charge in [0.2, 0.25) is 0 Å². The van der Waals surface area contributed by atoms with E-state index in [0.717, 1.165) is 12.5 Å². The van der Waals surface area contributed by atoms with Crippen LogP contribution in [-0.2, 0) is 20.6 Å². The highest BCUT2D eigenvalue weighted by molar-refractivity contribution is 6.92. The zero-order chi connectivity index (χ0) is 21.9. The number of rotatable bonds is 12. The van der Waals surface area contributed by atoms with Crippen LogP contribution in [0.4, 0.5) is 0 Å². The first kappa shape index (κ1) is 28.1. The van der Waals surface area contributed by atoms with Crippen LogP contribution in [0.25, 0.3) is 0 Å². The average molecular weight is 487 g/mol. The van der Waals surface area contributed by atoms with Gasteiger partial charge in [0.1, 0.15) is 0 Å². The third-order valence-corrected chi connectivity index (χ3v) is 23.0. The summed E-state index contributed by atoms with van der Waals surface area (Å²) >= 11 is 0. The van der Waals surface area contributed by atoms with Gasteiger partial charge in [-0.15, -0.1) is 0 Å². The lowest BCUT2D eigenvalue weighted by Gasteiger charge is -2.45. The quantitative estimate of drug-likeness (QED) is 0.302. The van der Waals surface area contributed by atoms with E-state index < -0.39 is 50.9 Å². The summed E-state index contributed by atoms with van der Waals surface area (Å²) in [6.07, 6.45) is 0.964. The van der Waals surface area contributed by atoms with E-state index in [1.807, 2.05) is 0 Å². The first-order chi connectivity index (χ1) is 11.6. The maximum atomic E-state index is 6.82. The van der Waals surface area contributed by atoms with Gasteiger partial charge in [0.25, 0.3) is 0 Å². The molecule has 0 unspecified atom stereocenters. The van der Waals surface area contributed by atoms with E-state index in [-0.39, 0.29) is 0 Å². The van der Waals surface area contributed by atoms with Crippen LogP contribution in [0.3, 0.4) is 0 Å². The minimum absolute atomic E-state index is 0.814. The van der Waals surface area contributed by atoms with Crippen LogP contribution >= 0.6 is 0 Å². The summed E-state index contributed by atoms with van der Waals surface area (Å²) in [5, 5.41) is 0. The molecule has 164 valence electrons. The summed E-state index contributed by atoms with van der Waals surface area (Å²) in [7, 11) is -13.0. The Morgan fingerprint density at radius 2 is 0.741 bits per heavy atom. The van der Waals surface area contributed by atoms with Gasteiger partial charge in [-0.1, -0.05) is 13.3 Å². The molecule has 0 aromatic rings. The van der Waals surface area contributed by atoms with Gasteiger partial charge in [0.05, 0.1) is 0 Å². The van der Waals surface area contributed by atoms with Crippen LogP contribution in [0.2, 0.25) is 91.2 Å². The minimum atomic E-state index is -2.92. The summed E-state index contributed by atoms with van der Waals surface area (Å²) in [4.78, 5) is 0. The second-order valence-electron chi connectivity index (χ2n) is 11.1. The van der Waals surface area contributed by atoms with E-state index >= 15 is 0 Å². The van der Waals surface area contributed by atoms with Gasteiger partial charge >= 0.3 is 25.9 Å². The van der Waals surface area contributed by atoms with Gasteiger partial charge in [-0.25, -0.2) is 0 Å². The van der Waals surface area contributed by atoms with Gasteiger partial charge in [-0.05, 0) is 85.1 Å². The SMILES string of the molecule is CCC[Si](O[Si](C)(C)C)(O[Si](C)(C)O[Si](C)(C)C)O[Si](C)(C)O[Si](C)(C)C. The lowest BCUT2D eigenvalue weighted by molar-refractivity contribution is 0.207. The summed E-state index contributed by atoms with van der Waals surface area (Å²) in [6, 6.07) is 0.814. The molecule has 0 aliphatic carbocycles. The molecule has 0 rings (SSSR count). The summed E-state index contributed by atoms with van der Waals surface area (Å²) in [6.45, 7) is 30.6. The Balaban J connectivity index is 5.91. The van der Waals surface area contributed by atoms with E-state index in [9.17, 15) is 0 Å². The second kappa shape index (κ2) is 9.49. The van der Waals surface area contributed by atoms with Crippen molar-refractivity contribution < 1.29 is 20.6 Å². The van der Waals surface area contributed by atoms with Gasteiger partial charge in [0, 0.05) is 6.04 Å². The molecule has 0 saturated heterocycles. The van der Waals surface area contributed by atoms with Crippen molar-refractivity contribution in [2.45, 2.75) is 104 Å². The van der Waals surface area contributed by atoms with Crippen molar-refractivity contribution in [2.24, 2.45) is 0 Å². The topological polar surface area (TPSA) is 46.2 Å². The monoisotopic (exact) mass is 486 g/mol. The Morgan fingerprint density at radius 1 is 0.444 bits per heavy atom. The average Bonchev–Trinajstić information content (AvgIpc) is 2.14. The maximum Gasteiger partial charge on any atom is 0.472 e. The molecule has 0 N–H and O–H groups in total. The van der Waals surface area contributed by atoms with Crippen molar-refractivity contribution in [1.29, 1.82) is 0 Å². The van der Waals surface area contributed by atoms with Crippen molar-refractivity contribution in [3.8, 4) is 0 Å². The molecule has 0 aliphatic heterocycles. The number of hydrogen-bond acceptors (Lipinski definition) is 5. The minimum Gasteiger partial charge on any atom is -0.437 e. The van der Waals surface area contributed by atoms with E-state index in [1.54, 1.807) is 0 Å². The molecule has 0 saturated carbocycles. The molecule has 0 aliphatic rings. The molecule has 5 nitrogen and oxygen atoms in total. The Hall–Kier alpha value is 1.10. The largest absolute Gasteiger partial charge is 0.472 e. The normalized spacial score (nSPS) is 15.3. The van der Waals surface area contributed by atoms with Crippen LogP contribution in [0.5, 0.6) is 0 Å². The molecule has 0 bridgehead atoms. The highest BCUT2D eigenvalue weighted by atomic mass is 28.5. The van der Waals surface area contributed by atoms with Crippen molar-refractivity contribution in [1.82, 2.24) is 0 Å². The molecule has 0 heterocycles. The molecule has 0 aromatic carbocycles. The lowest BCUT2D eigenvalue weighted by atomic mass is 10.6. The van der Waals surface area contributed by atoms with Crippen LogP contribution in [0.15, 0.2) is 0 Å². The van der Waals surface area contributed by atoms with Crippen LogP contribution in [0.1, 0.15) is 13.3 Å². The third kappa shape index (κ3) is 13.9. The van der Waals surface area contributed by atoms with Gasteiger partial charge < -0.3 is 20.6 Å². The third-order valence-electron chi connectivity index (χ3n) is 2.92. The molecule has 0 radical (unpaired) electrons. The smallest absolute Gasteiger partial charge is 0.437 e. The molecular formula is C16H46O5Si6. The zero-order valence-electron chi connectivity index (χ0n) is 20.5. The van der Waals surface area contributed by atoms with E-state index in [4.69, 9.17) is 20.6 Å². The van der Waals surface area contributed by atoms with E-state index in [0.29, 0.717) is 0 Å². The number of hydrogen-bond donors (Lipinski definition) is 0. The Bertz CT molecular complexity index is 435. The van der Waals surface area contributed by atoms with Gasteiger partial charge in [0.15, 0.2) is 25.0 Å². The summed E-state index contributed by atoms with van der Waals surface area (Å²) in [5.74, 6) is 0. The van der Waals surface area contributed by atoms with Crippen LogP contribution < -0.4 is 0 Å². The molecular weight excluding hydrogens is 441 g/mol. The Morgan fingerprint density at radius 3 is 0.963 bits per heavy atom. The van der Waals surface area contributed by atoms with E-state index in [2.05, 4.69) is 92.0 Å². The van der Waals surface area contributed by atoms with Crippen molar-refractivity contribution in [3.63, 3.8) is 0 Å². The maximum absolute atomic E-state index is 6.82. The fourth-order valence-electron chi connectivity index (χ4n) is 3.25. The molecule has 0 fully saturated rings. The van der Waals surface area contributed by atoms with Crippen LogP contribution in [0, 0.1) is 0 Å². The fourth-order valence-corrected chi connectivity index (χ4v) is 29.3. The Kier molecular flexibility index (Phi) is 9.88. The fraction of sp³-hybridized carbons (Fsp3) is 1.00. The predicted octanol–water partition coefficient (Wildman–Crippen LogP) is 6.33. The molecule has 0 atom stereocenters. The summed E-state index contributed by atoms with van der Waals surface area (Å²) < 4.78 is 33.4.